The molecule has 2 heterocycles. The number of thiophene rings is 1. The molecular formula is C16H25ClN4OS2. The smallest absolute Gasteiger partial charge is 0.230 e. The number of nitrogens with one attached hydrogen (secondary N) is 1. The van der Waals surface area contributed by atoms with Gasteiger partial charge in [0.15, 0.2) is 0 Å². The molecule has 2 rings (SSSR count). The number of nitrogens with zero attached hydrogens (tertiary/aromatic N) is 2. The minimum absolute atomic E-state index is 0. The van der Waals surface area contributed by atoms with Gasteiger partial charge < -0.3 is 11.1 Å². The second-order valence-electron chi connectivity index (χ2n) is 5.67. The normalized spacial score (nSPS) is 11.4. The minimum atomic E-state index is -0.298. The van der Waals surface area contributed by atoms with Crippen molar-refractivity contribution in [2.45, 2.75) is 51.1 Å². The number of hydrogen-bond acceptors (Lipinski definition) is 6. The average molecular weight is 389 g/mol. The van der Waals surface area contributed by atoms with Crippen LogP contribution in [0, 0.1) is 13.8 Å². The van der Waals surface area contributed by atoms with E-state index in [9.17, 15) is 4.79 Å². The molecule has 0 saturated heterocycles. The maximum Gasteiger partial charge on any atom is 0.230 e. The molecule has 5 nitrogen and oxygen atoms in total. The van der Waals surface area contributed by atoms with Crippen molar-refractivity contribution in [1.82, 2.24) is 15.3 Å². The fraction of sp³-hybridized carbons (Fsp3) is 0.562. The van der Waals surface area contributed by atoms with Gasteiger partial charge in [0.1, 0.15) is 16.2 Å². The Kier molecular flexibility index (Phi) is 7.92. The SMILES string of the molecule is CCC(CC)(CN)NC(=O)CSc1ncnc2sc(C)c(C)c12.Cl. The zero-order chi connectivity index (χ0) is 17.0. The quantitative estimate of drug-likeness (QED) is 0.560. The van der Waals surface area contributed by atoms with Gasteiger partial charge in [-0.25, -0.2) is 9.97 Å². The molecule has 0 radical (unpaired) electrons. The van der Waals surface area contributed by atoms with Gasteiger partial charge in [-0.2, -0.15) is 0 Å². The van der Waals surface area contributed by atoms with Crippen molar-refractivity contribution in [3.05, 3.63) is 16.8 Å². The summed E-state index contributed by atoms with van der Waals surface area (Å²) in [6.07, 6.45) is 3.23. The Morgan fingerprint density at radius 1 is 1.33 bits per heavy atom. The third-order valence-electron chi connectivity index (χ3n) is 4.42. The topological polar surface area (TPSA) is 80.9 Å². The molecule has 0 unspecified atom stereocenters. The molecule has 0 bridgehead atoms. The molecule has 24 heavy (non-hydrogen) atoms. The van der Waals surface area contributed by atoms with Gasteiger partial charge in [-0.3, -0.25) is 4.79 Å². The van der Waals surface area contributed by atoms with Crippen LogP contribution in [0.4, 0.5) is 0 Å². The molecule has 0 aliphatic rings. The Balaban J connectivity index is 0.00000288. The van der Waals surface area contributed by atoms with E-state index in [0.29, 0.717) is 12.3 Å². The van der Waals surface area contributed by atoms with E-state index in [4.69, 9.17) is 5.73 Å². The Hall–Kier alpha value is -0.890. The summed E-state index contributed by atoms with van der Waals surface area (Å²) in [5.74, 6) is 0.336. The molecule has 0 aromatic carbocycles. The van der Waals surface area contributed by atoms with E-state index in [-0.39, 0.29) is 23.9 Å². The van der Waals surface area contributed by atoms with E-state index in [1.54, 1.807) is 17.7 Å². The molecule has 3 N–H and O–H groups in total. The van der Waals surface area contributed by atoms with Gasteiger partial charge in [0, 0.05) is 16.8 Å². The number of halogens is 1. The van der Waals surface area contributed by atoms with Crippen LogP contribution >= 0.6 is 35.5 Å². The molecule has 0 spiro atoms. The van der Waals surface area contributed by atoms with Gasteiger partial charge in [-0.05, 0) is 32.3 Å². The number of hydrogen-bond donors (Lipinski definition) is 2. The maximum atomic E-state index is 12.3. The van der Waals surface area contributed by atoms with E-state index in [1.807, 2.05) is 0 Å². The number of aryl methyl sites for hydroxylation is 2. The van der Waals surface area contributed by atoms with Gasteiger partial charge in [-0.1, -0.05) is 25.6 Å². The maximum absolute atomic E-state index is 12.3. The summed E-state index contributed by atoms with van der Waals surface area (Å²) in [4.78, 5) is 23.2. The first-order valence-electron chi connectivity index (χ1n) is 7.81. The first-order valence-corrected chi connectivity index (χ1v) is 9.61. The molecule has 134 valence electrons. The Morgan fingerprint density at radius 2 is 2.00 bits per heavy atom. The van der Waals surface area contributed by atoms with Crippen molar-refractivity contribution >= 4 is 51.6 Å². The summed E-state index contributed by atoms with van der Waals surface area (Å²) in [7, 11) is 0. The largest absolute Gasteiger partial charge is 0.349 e. The predicted molar refractivity (Wildman–Crippen MR) is 105 cm³/mol. The van der Waals surface area contributed by atoms with Crippen molar-refractivity contribution < 1.29 is 4.79 Å². The molecular weight excluding hydrogens is 364 g/mol. The zero-order valence-electron chi connectivity index (χ0n) is 14.5. The van der Waals surface area contributed by atoms with Gasteiger partial charge in [0.25, 0.3) is 0 Å². The van der Waals surface area contributed by atoms with Gasteiger partial charge in [-0.15, -0.1) is 23.7 Å². The summed E-state index contributed by atoms with van der Waals surface area (Å²) in [5, 5.41) is 5.04. The van der Waals surface area contributed by atoms with Crippen LogP contribution in [-0.4, -0.2) is 33.7 Å². The first kappa shape index (κ1) is 21.2. The fourth-order valence-corrected chi connectivity index (χ4v) is 4.41. The molecule has 0 aliphatic carbocycles. The molecule has 0 atom stereocenters. The molecule has 0 aliphatic heterocycles. The van der Waals surface area contributed by atoms with Crippen LogP contribution in [0.25, 0.3) is 10.2 Å². The molecule has 0 saturated carbocycles. The third-order valence-corrected chi connectivity index (χ3v) is 6.52. The lowest BCUT2D eigenvalue weighted by Gasteiger charge is -2.31. The number of rotatable bonds is 7. The highest BCUT2D eigenvalue weighted by atomic mass is 35.5. The van der Waals surface area contributed by atoms with E-state index in [0.717, 1.165) is 28.1 Å². The van der Waals surface area contributed by atoms with E-state index in [2.05, 4.69) is 43.0 Å². The predicted octanol–water partition coefficient (Wildman–Crippen LogP) is 3.46. The molecule has 2 aromatic rings. The summed E-state index contributed by atoms with van der Waals surface area (Å²) in [6, 6.07) is 0. The second-order valence-corrected chi connectivity index (χ2v) is 7.84. The Morgan fingerprint density at radius 3 is 2.58 bits per heavy atom. The molecule has 2 aromatic heterocycles. The highest BCUT2D eigenvalue weighted by Gasteiger charge is 2.26. The van der Waals surface area contributed by atoms with Crippen LogP contribution < -0.4 is 11.1 Å². The summed E-state index contributed by atoms with van der Waals surface area (Å²) in [5.41, 5.74) is 6.74. The Labute approximate surface area is 157 Å². The van der Waals surface area contributed by atoms with Crippen molar-refractivity contribution in [3.63, 3.8) is 0 Å². The second kappa shape index (κ2) is 8.99. The molecule has 0 fully saturated rings. The highest BCUT2D eigenvalue weighted by molar-refractivity contribution is 8.00. The van der Waals surface area contributed by atoms with Crippen LogP contribution in [-0.2, 0) is 4.79 Å². The number of amides is 1. The summed E-state index contributed by atoms with van der Waals surface area (Å²) >= 11 is 3.13. The van der Waals surface area contributed by atoms with Gasteiger partial charge in [0.2, 0.25) is 5.91 Å². The van der Waals surface area contributed by atoms with Crippen LogP contribution in [0.5, 0.6) is 0 Å². The Bertz CT molecular complexity index is 692. The number of carbonyl (C=O) groups is 1. The van der Waals surface area contributed by atoms with E-state index >= 15 is 0 Å². The van der Waals surface area contributed by atoms with Gasteiger partial charge >= 0.3 is 0 Å². The fourth-order valence-electron chi connectivity index (χ4n) is 2.49. The van der Waals surface area contributed by atoms with Crippen molar-refractivity contribution in [1.29, 1.82) is 0 Å². The summed E-state index contributed by atoms with van der Waals surface area (Å²) in [6.45, 7) is 8.72. The van der Waals surface area contributed by atoms with Crippen LogP contribution in [0.1, 0.15) is 37.1 Å². The van der Waals surface area contributed by atoms with Crippen molar-refractivity contribution in [2.75, 3.05) is 12.3 Å². The standard InChI is InChI=1S/C16H24N4OS2.ClH/c1-5-16(6-2,8-17)20-12(21)7-22-14-13-10(3)11(4)23-15(13)19-9-18-14;/h9H,5-8,17H2,1-4H3,(H,20,21);1H. The first-order chi connectivity index (χ1) is 11.0. The zero-order valence-corrected chi connectivity index (χ0v) is 17.0. The van der Waals surface area contributed by atoms with Crippen molar-refractivity contribution in [3.8, 4) is 0 Å². The van der Waals surface area contributed by atoms with E-state index < -0.39 is 0 Å². The van der Waals surface area contributed by atoms with Crippen molar-refractivity contribution in [2.24, 2.45) is 5.73 Å². The number of thioether (sulfide) groups is 1. The lowest BCUT2D eigenvalue weighted by molar-refractivity contribution is -0.120. The minimum Gasteiger partial charge on any atom is -0.349 e. The number of carbonyl (C=O) groups excluding carboxylic acids is 1. The average Bonchev–Trinajstić information content (AvgIpc) is 2.86. The van der Waals surface area contributed by atoms with E-state index in [1.165, 1.54) is 22.2 Å². The molecule has 1 amide bonds. The highest BCUT2D eigenvalue weighted by Crippen LogP contribution is 2.34. The van der Waals surface area contributed by atoms with Gasteiger partial charge in [0.05, 0.1) is 11.3 Å². The number of fused-ring (bicyclic) bond motifs is 1. The summed E-state index contributed by atoms with van der Waals surface area (Å²) < 4.78 is 0. The molecule has 8 heteroatoms. The van der Waals surface area contributed by atoms with Crippen LogP contribution in [0.3, 0.4) is 0 Å². The van der Waals surface area contributed by atoms with Crippen LogP contribution in [0.2, 0.25) is 0 Å². The number of aromatic nitrogens is 2. The monoisotopic (exact) mass is 388 g/mol. The number of nitrogens with two attached hydrogens (primary N) is 1. The van der Waals surface area contributed by atoms with Crippen LogP contribution in [0.15, 0.2) is 11.4 Å². The third kappa shape index (κ3) is 4.39. The lowest BCUT2D eigenvalue weighted by atomic mass is 9.93. The lowest BCUT2D eigenvalue weighted by Crippen LogP contribution is -2.53.